The molecule has 0 radical (unpaired) electrons. The third-order valence-corrected chi connectivity index (χ3v) is 3.73. The van der Waals surface area contributed by atoms with E-state index in [-0.39, 0.29) is 18.1 Å². The van der Waals surface area contributed by atoms with E-state index in [9.17, 15) is 14.7 Å². The molecule has 1 atom stereocenters. The van der Waals surface area contributed by atoms with Crippen molar-refractivity contribution in [1.82, 2.24) is 5.32 Å². The number of amides is 1. The predicted molar refractivity (Wildman–Crippen MR) is 80.4 cm³/mol. The predicted octanol–water partition coefficient (Wildman–Crippen LogP) is 2.71. The van der Waals surface area contributed by atoms with Gasteiger partial charge in [-0.15, -0.1) is 0 Å². The minimum absolute atomic E-state index is 0.107. The first-order chi connectivity index (χ1) is 9.95. The quantitative estimate of drug-likeness (QED) is 0.688. The number of aliphatic carboxylic acids is 1. The average Bonchev–Trinajstić information content (AvgIpc) is 2.45. The van der Waals surface area contributed by atoms with Crippen molar-refractivity contribution in [1.29, 1.82) is 0 Å². The second-order valence-corrected chi connectivity index (χ2v) is 5.20. The number of hydrogen-bond donors (Lipinski definition) is 3. The van der Waals surface area contributed by atoms with Crippen molar-refractivity contribution < 1.29 is 19.8 Å². The molecule has 0 spiro atoms. The number of aromatic hydroxyl groups is 1. The van der Waals surface area contributed by atoms with Gasteiger partial charge in [0.1, 0.15) is 5.75 Å². The maximum Gasteiger partial charge on any atom is 0.303 e. The van der Waals surface area contributed by atoms with Crippen molar-refractivity contribution in [3.63, 3.8) is 0 Å². The zero-order valence-electron chi connectivity index (χ0n) is 12.6. The number of rotatable bonds is 8. The van der Waals surface area contributed by atoms with E-state index in [2.05, 4.69) is 5.32 Å². The van der Waals surface area contributed by atoms with Crippen molar-refractivity contribution in [3.8, 4) is 5.75 Å². The Morgan fingerprint density at radius 3 is 2.62 bits per heavy atom. The van der Waals surface area contributed by atoms with Gasteiger partial charge in [0.2, 0.25) is 0 Å². The van der Waals surface area contributed by atoms with E-state index in [4.69, 9.17) is 5.11 Å². The molecule has 116 valence electrons. The molecule has 0 bridgehead atoms. The summed E-state index contributed by atoms with van der Waals surface area (Å²) in [5.74, 6) is -0.591. The van der Waals surface area contributed by atoms with Crippen molar-refractivity contribution in [2.45, 2.75) is 39.5 Å². The lowest BCUT2D eigenvalue weighted by Gasteiger charge is -2.14. The fourth-order valence-corrected chi connectivity index (χ4v) is 2.23. The summed E-state index contributed by atoms with van der Waals surface area (Å²) < 4.78 is 0. The molecule has 0 saturated heterocycles. The number of nitrogens with one attached hydrogen (secondary N) is 1. The molecule has 5 nitrogen and oxygen atoms in total. The molecule has 0 saturated carbocycles. The molecular weight excluding hydrogens is 270 g/mol. The Kier molecular flexibility index (Phi) is 6.72. The molecule has 1 aromatic rings. The molecule has 0 fully saturated rings. The summed E-state index contributed by atoms with van der Waals surface area (Å²) in [4.78, 5) is 22.6. The smallest absolute Gasteiger partial charge is 0.303 e. The first kappa shape index (κ1) is 17.0. The van der Waals surface area contributed by atoms with Crippen molar-refractivity contribution in [3.05, 3.63) is 29.3 Å². The third-order valence-electron chi connectivity index (χ3n) is 3.73. The number of phenolic OH excluding ortho intramolecular Hbond substituents is 1. The lowest BCUT2D eigenvalue weighted by molar-refractivity contribution is -0.137. The molecule has 0 heterocycles. The van der Waals surface area contributed by atoms with Crippen LogP contribution in [-0.2, 0) is 4.79 Å². The fraction of sp³-hybridized carbons (Fsp3) is 0.500. The summed E-state index contributed by atoms with van der Waals surface area (Å²) in [6.07, 6.45) is 2.45. The highest BCUT2D eigenvalue weighted by Gasteiger charge is 2.13. The van der Waals surface area contributed by atoms with Crippen LogP contribution in [0, 0.1) is 12.8 Å². The van der Waals surface area contributed by atoms with Gasteiger partial charge in [-0.05, 0) is 37.8 Å². The molecule has 1 rings (SSSR count). The van der Waals surface area contributed by atoms with Crippen molar-refractivity contribution >= 4 is 11.9 Å². The van der Waals surface area contributed by atoms with Gasteiger partial charge in [0.05, 0.1) is 0 Å². The summed E-state index contributed by atoms with van der Waals surface area (Å²) in [7, 11) is 0. The summed E-state index contributed by atoms with van der Waals surface area (Å²) in [5.41, 5.74) is 1.03. The van der Waals surface area contributed by atoms with E-state index < -0.39 is 5.97 Å². The summed E-state index contributed by atoms with van der Waals surface area (Å²) in [5, 5.41) is 21.1. The van der Waals surface area contributed by atoms with Gasteiger partial charge in [0.15, 0.2) is 0 Å². The Hall–Kier alpha value is -2.04. The van der Waals surface area contributed by atoms with Crippen LogP contribution < -0.4 is 5.32 Å². The number of phenols is 1. The van der Waals surface area contributed by atoms with Crippen LogP contribution >= 0.6 is 0 Å². The average molecular weight is 293 g/mol. The zero-order valence-corrected chi connectivity index (χ0v) is 12.6. The highest BCUT2D eigenvalue weighted by Crippen LogP contribution is 2.19. The molecule has 0 aliphatic rings. The SMILES string of the molecule is CCC(CCNC(=O)c1cccc(O)c1C)CCC(=O)O. The second-order valence-electron chi connectivity index (χ2n) is 5.20. The molecule has 0 aliphatic heterocycles. The molecule has 1 unspecified atom stereocenters. The van der Waals surface area contributed by atoms with E-state index in [0.29, 0.717) is 30.0 Å². The van der Waals surface area contributed by atoms with Gasteiger partial charge in [-0.1, -0.05) is 19.4 Å². The molecule has 1 aromatic carbocycles. The van der Waals surface area contributed by atoms with Crippen LogP contribution in [0.2, 0.25) is 0 Å². The van der Waals surface area contributed by atoms with Crippen LogP contribution in [0.15, 0.2) is 18.2 Å². The van der Waals surface area contributed by atoms with Crippen LogP contribution in [0.3, 0.4) is 0 Å². The molecular formula is C16H23NO4. The number of carboxylic acid groups (broad SMARTS) is 1. The van der Waals surface area contributed by atoms with Crippen LogP contribution in [0.25, 0.3) is 0 Å². The zero-order chi connectivity index (χ0) is 15.8. The summed E-state index contributed by atoms with van der Waals surface area (Å²) in [6.45, 7) is 4.23. The Bertz CT molecular complexity index is 499. The normalized spacial score (nSPS) is 11.9. The Morgan fingerprint density at radius 2 is 2.00 bits per heavy atom. The molecule has 0 aliphatic carbocycles. The summed E-state index contributed by atoms with van der Waals surface area (Å²) in [6, 6.07) is 4.86. The number of hydrogen-bond acceptors (Lipinski definition) is 3. The van der Waals surface area contributed by atoms with E-state index >= 15 is 0 Å². The maximum absolute atomic E-state index is 12.0. The largest absolute Gasteiger partial charge is 0.508 e. The van der Waals surface area contributed by atoms with Crippen LogP contribution in [0.4, 0.5) is 0 Å². The third kappa shape index (κ3) is 5.45. The van der Waals surface area contributed by atoms with Crippen LogP contribution in [-0.4, -0.2) is 28.6 Å². The van der Waals surface area contributed by atoms with Crippen molar-refractivity contribution in [2.24, 2.45) is 5.92 Å². The first-order valence-electron chi connectivity index (χ1n) is 7.24. The number of carboxylic acids is 1. The lowest BCUT2D eigenvalue weighted by atomic mass is 9.96. The monoisotopic (exact) mass is 293 g/mol. The van der Waals surface area contributed by atoms with E-state index in [1.165, 1.54) is 0 Å². The highest BCUT2D eigenvalue weighted by atomic mass is 16.4. The molecule has 21 heavy (non-hydrogen) atoms. The van der Waals surface area contributed by atoms with Gasteiger partial charge in [0.25, 0.3) is 5.91 Å². The van der Waals surface area contributed by atoms with Gasteiger partial charge < -0.3 is 15.5 Å². The van der Waals surface area contributed by atoms with Gasteiger partial charge in [-0.2, -0.15) is 0 Å². The van der Waals surface area contributed by atoms with E-state index in [1.807, 2.05) is 6.92 Å². The fourth-order valence-electron chi connectivity index (χ4n) is 2.23. The standard InChI is InChI=1S/C16H23NO4/c1-3-12(7-8-15(19)20)9-10-17-16(21)13-5-4-6-14(18)11(13)2/h4-6,12,18H,3,7-10H2,1-2H3,(H,17,21)(H,19,20). The van der Waals surface area contributed by atoms with Gasteiger partial charge >= 0.3 is 5.97 Å². The van der Waals surface area contributed by atoms with E-state index in [1.54, 1.807) is 25.1 Å². The van der Waals surface area contributed by atoms with Gasteiger partial charge in [-0.3, -0.25) is 9.59 Å². The van der Waals surface area contributed by atoms with Gasteiger partial charge in [0, 0.05) is 24.1 Å². The summed E-state index contributed by atoms with van der Waals surface area (Å²) >= 11 is 0. The maximum atomic E-state index is 12.0. The number of carbonyl (C=O) groups is 2. The van der Waals surface area contributed by atoms with Crippen molar-refractivity contribution in [2.75, 3.05) is 6.54 Å². The Labute approximate surface area is 125 Å². The Morgan fingerprint density at radius 1 is 1.29 bits per heavy atom. The number of benzene rings is 1. The number of carbonyl (C=O) groups excluding carboxylic acids is 1. The minimum atomic E-state index is -0.784. The molecule has 1 amide bonds. The van der Waals surface area contributed by atoms with Gasteiger partial charge in [-0.25, -0.2) is 0 Å². The minimum Gasteiger partial charge on any atom is -0.508 e. The van der Waals surface area contributed by atoms with Crippen LogP contribution in [0.1, 0.15) is 48.5 Å². The molecule has 3 N–H and O–H groups in total. The molecule has 0 aromatic heterocycles. The van der Waals surface area contributed by atoms with Crippen LogP contribution in [0.5, 0.6) is 5.75 Å². The highest BCUT2D eigenvalue weighted by molar-refractivity contribution is 5.96. The lowest BCUT2D eigenvalue weighted by Crippen LogP contribution is -2.26. The first-order valence-corrected chi connectivity index (χ1v) is 7.24. The topological polar surface area (TPSA) is 86.6 Å². The van der Waals surface area contributed by atoms with E-state index in [0.717, 1.165) is 12.8 Å². The second kappa shape index (κ2) is 8.29. The molecule has 5 heteroatoms. The Balaban J connectivity index is 2.45.